The van der Waals surface area contributed by atoms with Crippen molar-refractivity contribution in [3.63, 3.8) is 0 Å². The van der Waals surface area contributed by atoms with E-state index in [0.29, 0.717) is 12.2 Å². The van der Waals surface area contributed by atoms with E-state index in [1.165, 1.54) is 11.1 Å². The van der Waals surface area contributed by atoms with E-state index in [1.807, 2.05) is 25.1 Å². The summed E-state index contributed by atoms with van der Waals surface area (Å²) >= 11 is 0. The van der Waals surface area contributed by atoms with Gasteiger partial charge in [-0.3, -0.25) is 4.79 Å². The van der Waals surface area contributed by atoms with E-state index >= 15 is 0 Å². The first kappa shape index (κ1) is 15.7. The average molecular weight is 314 g/mol. The summed E-state index contributed by atoms with van der Waals surface area (Å²) in [4.78, 5) is 12.3. The number of rotatable bonds is 4. The van der Waals surface area contributed by atoms with Gasteiger partial charge in [0.15, 0.2) is 5.69 Å². The van der Waals surface area contributed by atoms with E-state index < -0.39 is 0 Å². The maximum atomic E-state index is 12.3. The molecule has 1 aromatic carbocycles. The third-order valence-electron chi connectivity index (χ3n) is 4.36. The molecule has 1 aliphatic heterocycles. The number of ether oxygens (including phenoxy) is 1. The average Bonchev–Trinajstić information content (AvgIpc) is 3.17. The number of aryl methyl sites for hydroxylation is 2. The third kappa shape index (κ3) is 3.27. The van der Waals surface area contributed by atoms with Gasteiger partial charge in [0.25, 0.3) is 5.91 Å². The molecule has 0 spiro atoms. The van der Waals surface area contributed by atoms with Gasteiger partial charge in [0.1, 0.15) is 0 Å². The Morgan fingerprint density at radius 3 is 2.87 bits per heavy atom. The van der Waals surface area contributed by atoms with Crippen LogP contribution < -0.4 is 5.32 Å². The van der Waals surface area contributed by atoms with Crippen LogP contribution in [0.25, 0.3) is 5.69 Å². The lowest BCUT2D eigenvalue weighted by atomic mass is 10.1. The summed E-state index contributed by atoms with van der Waals surface area (Å²) in [7, 11) is 0. The Labute approximate surface area is 135 Å². The van der Waals surface area contributed by atoms with Crippen molar-refractivity contribution in [2.24, 2.45) is 0 Å². The van der Waals surface area contributed by atoms with Crippen LogP contribution in [0.4, 0.5) is 0 Å². The fourth-order valence-electron chi connectivity index (χ4n) is 2.74. The normalized spacial score (nSPS) is 17.4. The predicted molar refractivity (Wildman–Crippen MR) is 86.9 cm³/mol. The van der Waals surface area contributed by atoms with Crippen molar-refractivity contribution in [2.45, 2.75) is 39.7 Å². The summed E-state index contributed by atoms with van der Waals surface area (Å²) in [5.74, 6) is -0.201. The zero-order chi connectivity index (χ0) is 16.4. The van der Waals surface area contributed by atoms with Crippen molar-refractivity contribution in [3.8, 4) is 5.69 Å². The summed E-state index contributed by atoms with van der Waals surface area (Å²) in [5, 5.41) is 11.1. The van der Waals surface area contributed by atoms with Gasteiger partial charge < -0.3 is 10.1 Å². The van der Waals surface area contributed by atoms with Gasteiger partial charge in [-0.2, -0.15) is 0 Å². The first-order valence-corrected chi connectivity index (χ1v) is 7.96. The number of hydrogen-bond donors (Lipinski definition) is 1. The van der Waals surface area contributed by atoms with Crippen LogP contribution in [0, 0.1) is 20.8 Å². The fourth-order valence-corrected chi connectivity index (χ4v) is 2.74. The van der Waals surface area contributed by atoms with Gasteiger partial charge >= 0.3 is 0 Å². The predicted octanol–water partition coefficient (Wildman–Crippen LogP) is 2.10. The summed E-state index contributed by atoms with van der Waals surface area (Å²) in [5.41, 5.74) is 4.42. The second-order valence-electron chi connectivity index (χ2n) is 6.05. The van der Waals surface area contributed by atoms with E-state index in [2.05, 4.69) is 29.5 Å². The van der Waals surface area contributed by atoms with Gasteiger partial charge in [-0.1, -0.05) is 11.3 Å². The van der Waals surface area contributed by atoms with E-state index in [9.17, 15) is 4.79 Å². The second-order valence-corrected chi connectivity index (χ2v) is 6.05. The van der Waals surface area contributed by atoms with Crippen LogP contribution in [-0.2, 0) is 4.74 Å². The van der Waals surface area contributed by atoms with Crippen molar-refractivity contribution >= 4 is 5.91 Å². The van der Waals surface area contributed by atoms with E-state index in [-0.39, 0.29) is 12.0 Å². The van der Waals surface area contributed by atoms with Crippen LogP contribution in [0.2, 0.25) is 0 Å². The molecule has 0 aliphatic carbocycles. The molecule has 1 saturated heterocycles. The molecule has 1 aliphatic rings. The SMILES string of the molecule is Cc1ccc(-n2nnc(C(=O)NC[C@@H]3CCCO3)c2C)cc1C. The number of amides is 1. The molecule has 1 atom stereocenters. The lowest BCUT2D eigenvalue weighted by Crippen LogP contribution is -2.32. The van der Waals surface area contributed by atoms with Crippen LogP contribution in [0.3, 0.4) is 0 Å². The molecule has 2 aromatic rings. The highest BCUT2D eigenvalue weighted by Gasteiger charge is 2.20. The molecular weight excluding hydrogens is 292 g/mol. The monoisotopic (exact) mass is 314 g/mol. The van der Waals surface area contributed by atoms with Crippen molar-refractivity contribution in [1.82, 2.24) is 20.3 Å². The maximum absolute atomic E-state index is 12.3. The Morgan fingerprint density at radius 1 is 1.35 bits per heavy atom. The Bertz CT molecular complexity index is 717. The molecule has 23 heavy (non-hydrogen) atoms. The number of carbonyl (C=O) groups excluding carboxylic acids is 1. The molecule has 1 aromatic heterocycles. The van der Waals surface area contributed by atoms with Gasteiger partial charge in [-0.25, -0.2) is 4.68 Å². The fraction of sp³-hybridized carbons (Fsp3) is 0.471. The molecule has 0 saturated carbocycles. The largest absolute Gasteiger partial charge is 0.376 e. The molecular formula is C17H22N4O2. The highest BCUT2D eigenvalue weighted by atomic mass is 16.5. The number of benzene rings is 1. The van der Waals surface area contributed by atoms with Gasteiger partial charge in [-0.15, -0.1) is 5.10 Å². The molecule has 0 radical (unpaired) electrons. The van der Waals surface area contributed by atoms with E-state index in [4.69, 9.17) is 4.74 Å². The maximum Gasteiger partial charge on any atom is 0.273 e. The third-order valence-corrected chi connectivity index (χ3v) is 4.36. The summed E-state index contributed by atoms with van der Waals surface area (Å²) in [6, 6.07) is 6.08. The summed E-state index contributed by atoms with van der Waals surface area (Å²) in [6.45, 7) is 7.28. The lowest BCUT2D eigenvalue weighted by Gasteiger charge is -2.10. The van der Waals surface area contributed by atoms with E-state index in [1.54, 1.807) is 4.68 Å². The number of nitrogens with one attached hydrogen (secondary N) is 1. The zero-order valence-corrected chi connectivity index (χ0v) is 13.8. The smallest absolute Gasteiger partial charge is 0.273 e. The highest BCUT2D eigenvalue weighted by molar-refractivity contribution is 5.93. The minimum atomic E-state index is -0.201. The van der Waals surface area contributed by atoms with Crippen LogP contribution in [0.5, 0.6) is 0 Å². The Kier molecular flexibility index (Phi) is 4.43. The van der Waals surface area contributed by atoms with Gasteiger partial charge in [0, 0.05) is 13.2 Å². The first-order chi connectivity index (χ1) is 11.1. The number of hydrogen-bond acceptors (Lipinski definition) is 4. The Balaban J connectivity index is 1.75. The second kappa shape index (κ2) is 6.50. The molecule has 1 fully saturated rings. The van der Waals surface area contributed by atoms with Crippen molar-refractivity contribution in [3.05, 3.63) is 40.7 Å². The Hall–Kier alpha value is -2.21. The van der Waals surface area contributed by atoms with Crippen LogP contribution in [-0.4, -0.2) is 40.2 Å². The number of carbonyl (C=O) groups is 1. The first-order valence-electron chi connectivity index (χ1n) is 7.96. The van der Waals surface area contributed by atoms with E-state index in [0.717, 1.165) is 30.8 Å². The number of aromatic nitrogens is 3. The topological polar surface area (TPSA) is 69.0 Å². The highest BCUT2D eigenvalue weighted by Crippen LogP contribution is 2.16. The quantitative estimate of drug-likeness (QED) is 0.938. The minimum absolute atomic E-state index is 0.119. The van der Waals surface area contributed by atoms with Crippen molar-refractivity contribution < 1.29 is 9.53 Å². The molecule has 1 N–H and O–H groups in total. The molecule has 6 heteroatoms. The summed E-state index contributed by atoms with van der Waals surface area (Å²) < 4.78 is 7.21. The van der Waals surface area contributed by atoms with Crippen molar-refractivity contribution in [2.75, 3.05) is 13.2 Å². The number of nitrogens with zero attached hydrogens (tertiary/aromatic N) is 3. The standard InChI is InChI=1S/C17H22N4O2/c1-11-6-7-14(9-12(11)2)21-13(3)16(19-20-21)17(22)18-10-15-5-4-8-23-15/h6-7,9,15H,4-5,8,10H2,1-3H3,(H,18,22)/t15-/m0/s1. The van der Waals surface area contributed by atoms with Gasteiger partial charge in [0.2, 0.25) is 0 Å². The molecule has 1 amide bonds. The van der Waals surface area contributed by atoms with Crippen molar-refractivity contribution in [1.29, 1.82) is 0 Å². The van der Waals surface area contributed by atoms with Crippen LogP contribution >= 0.6 is 0 Å². The summed E-state index contributed by atoms with van der Waals surface area (Å²) in [6.07, 6.45) is 2.17. The molecule has 122 valence electrons. The molecule has 0 unspecified atom stereocenters. The zero-order valence-electron chi connectivity index (χ0n) is 13.8. The Morgan fingerprint density at radius 2 is 2.17 bits per heavy atom. The lowest BCUT2D eigenvalue weighted by molar-refractivity contribution is 0.0853. The minimum Gasteiger partial charge on any atom is -0.376 e. The van der Waals surface area contributed by atoms with Crippen LogP contribution in [0.1, 0.15) is 40.2 Å². The van der Waals surface area contributed by atoms with Gasteiger partial charge in [-0.05, 0) is 56.9 Å². The van der Waals surface area contributed by atoms with Gasteiger partial charge in [0.05, 0.1) is 17.5 Å². The molecule has 2 heterocycles. The van der Waals surface area contributed by atoms with Crippen LogP contribution in [0.15, 0.2) is 18.2 Å². The molecule has 6 nitrogen and oxygen atoms in total. The molecule has 0 bridgehead atoms. The molecule has 3 rings (SSSR count).